The van der Waals surface area contributed by atoms with Crippen molar-refractivity contribution in [2.24, 2.45) is 10.9 Å². The van der Waals surface area contributed by atoms with E-state index in [4.69, 9.17) is 0 Å². The van der Waals surface area contributed by atoms with Crippen LogP contribution in [0, 0.1) is 5.92 Å². The third kappa shape index (κ3) is 6.51. The summed E-state index contributed by atoms with van der Waals surface area (Å²) in [5.41, 5.74) is 2.72. The summed E-state index contributed by atoms with van der Waals surface area (Å²) in [4.78, 5) is 9.50. The van der Waals surface area contributed by atoms with Crippen LogP contribution in [0.5, 0.6) is 0 Å². The van der Waals surface area contributed by atoms with Crippen molar-refractivity contribution in [2.75, 3.05) is 46.3 Å². The van der Waals surface area contributed by atoms with Gasteiger partial charge in [0.25, 0.3) is 0 Å². The summed E-state index contributed by atoms with van der Waals surface area (Å²) < 4.78 is 0. The lowest BCUT2D eigenvalue weighted by Gasteiger charge is -2.17. The largest absolute Gasteiger partial charge is 0.356 e. The average molecular weight is 372 g/mol. The van der Waals surface area contributed by atoms with Crippen LogP contribution < -0.4 is 10.6 Å². The monoisotopic (exact) mass is 371 g/mol. The van der Waals surface area contributed by atoms with Crippen molar-refractivity contribution in [1.82, 2.24) is 20.4 Å². The fourth-order valence-corrected chi connectivity index (χ4v) is 4.21. The molecular weight excluding hydrogens is 334 g/mol. The van der Waals surface area contributed by atoms with E-state index in [0.29, 0.717) is 0 Å². The first-order chi connectivity index (χ1) is 13.3. The molecule has 150 valence electrons. The van der Waals surface area contributed by atoms with Crippen LogP contribution in [0.2, 0.25) is 0 Å². The number of nitrogens with zero attached hydrogens (tertiary/aromatic N) is 3. The first kappa shape index (κ1) is 20.2. The van der Waals surface area contributed by atoms with Crippen LogP contribution in [0.3, 0.4) is 0 Å². The van der Waals surface area contributed by atoms with Crippen molar-refractivity contribution < 1.29 is 0 Å². The average Bonchev–Trinajstić information content (AvgIpc) is 3.36. The lowest BCUT2D eigenvalue weighted by molar-refractivity contribution is 0.324. The molecule has 0 bridgehead atoms. The van der Waals surface area contributed by atoms with Crippen molar-refractivity contribution in [2.45, 2.75) is 45.7 Å². The number of benzene rings is 1. The normalized spacial score (nSPS) is 21.7. The Morgan fingerprint density at radius 3 is 2.48 bits per heavy atom. The Morgan fingerprint density at radius 2 is 1.78 bits per heavy atom. The van der Waals surface area contributed by atoms with E-state index in [1.54, 1.807) is 0 Å². The number of hydrogen-bond acceptors (Lipinski definition) is 3. The summed E-state index contributed by atoms with van der Waals surface area (Å²) in [6.07, 6.45) is 5.25. The highest BCUT2D eigenvalue weighted by Crippen LogP contribution is 2.15. The second-order valence-corrected chi connectivity index (χ2v) is 8.06. The summed E-state index contributed by atoms with van der Waals surface area (Å²) >= 11 is 0. The fourth-order valence-electron chi connectivity index (χ4n) is 4.21. The highest BCUT2D eigenvalue weighted by atomic mass is 15.2. The highest BCUT2D eigenvalue weighted by molar-refractivity contribution is 5.79. The Balaban J connectivity index is 1.37. The van der Waals surface area contributed by atoms with Gasteiger partial charge in [-0.25, -0.2) is 0 Å². The first-order valence-corrected chi connectivity index (χ1v) is 10.7. The number of rotatable bonds is 8. The van der Waals surface area contributed by atoms with Gasteiger partial charge in [-0.3, -0.25) is 9.89 Å². The predicted molar refractivity (Wildman–Crippen MR) is 114 cm³/mol. The molecule has 2 aliphatic rings. The molecule has 2 N–H and O–H groups in total. The third-order valence-electron chi connectivity index (χ3n) is 5.78. The molecule has 0 amide bonds. The molecule has 5 nitrogen and oxygen atoms in total. The van der Waals surface area contributed by atoms with Gasteiger partial charge in [-0.1, -0.05) is 31.2 Å². The maximum Gasteiger partial charge on any atom is 0.191 e. The van der Waals surface area contributed by atoms with Crippen molar-refractivity contribution in [3.8, 4) is 0 Å². The molecule has 0 aliphatic carbocycles. The maximum absolute atomic E-state index is 4.38. The zero-order valence-corrected chi connectivity index (χ0v) is 17.2. The maximum atomic E-state index is 4.38. The molecule has 27 heavy (non-hydrogen) atoms. The van der Waals surface area contributed by atoms with Gasteiger partial charge in [-0.05, 0) is 68.9 Å². The van der Waals surface area contributed by atoms with Crippen LogP contribution in [0.25, 0.3) is 0 Å². The van der Waals surface area contributed by atoms with Gasteiger partial charge >= 0.3 is 0 Å². The second-order valence-electron chi connectivity index (χ2n) is 8.06. The first-order valence-electron chi connectivity index (χ1n) is 10.7. The minimum Gasteiger partial charge on any atom is -0.356 e. The van der Waals surface area contributed by atoms with E-state index < -0.39 is 0 Å². The molecule has 0 saturated carbocycles. The standard InChI is InChI=1S/C22H37N5/c1-3-11-26-14-10-21(18-26)16-25-22(23-2)24-15-19-6-8-20(9-7-19)17-27-12-4-5-13-27/h6-9,21H,3-5,10-18H2,1-2H3,(H2,23,24,25). The van der Waals surface area contributed by atoms with E-state index in [0.717, 1.165) is 31.5 Å². The SMILES string of the molecule is CCCN1CCC(CNC(=NC)NCc2ccc(CN3CCCC3)cc2)C1. The van der Waals surface area contributed by atoms with Gasteiger partial charge in [0, 0.05) is 33.2 Å². The minimum atomic E-state index is 0.736. The van der Waals surface area contributed by atoms with Gasteiger partial charge in [0.15, 0.2) is 5.96 Å². The number of hydrogen-bond donors (Lipinski definition) is 2. The zero-order chi connectivity index (χ0) is 18.9. The Morgan fingerprint density at radius 1 is 1.04 bits per heavy atom. The van der Waals surface area contributed by atoms with Gasteiger partial charge in [0.1, 0.15) is 0 Å². The molecular formula is C22H37N5. The van der Waals surface area contributed by atoms with Crippen LogP contribution in [0.1, 0.15) is 43.7 Å². The van der Waals surface area contributed by atoms with Crippen molar-refractivity contribution >= 4 is 5.96 Å². The van der Waals surface area contributed by atoms with Crippen LogP contribution >= 0.6 is 0 Å². The lowest BCUT2D eigenvalue weighted by atomic mass is 10.1. The topological polar surface area (TPSA) is 42.9 Å². The quantitative estimate of drug-likeness (QED) is 0.545. The van der Waals surface area contributed by atoms with Crippen LogP contribution in [0.4, 0.5) is 0 Å². The van der Waals surface area contributed by atoms with Crippen LogP contribution in [-0.4, -0.2) is 62.1 Å². The molecule has 2 aliphatic heterocycles. The van der Waals surface area contributed by atoms with E-state index in [1.807, 2.05) is 7.05 Å². The molecule has 0 spiro atoms. The predicted octanol–water partition coefficient (Wildman–Crippen LogP) is 2.68. The lowest BCUT2D eigenvalue weighted by Crippen LogP contribution is -2.40. The van der Waals surface area contributed by atoms with Crippen molar-refractivity contribution in [1.29, 1.82) is 0 Å². The van der Waals surface area contributed by atoms with Crippen molar-refractivity contribution in [3.63, 3.8) is 0 Å². The van der Waals surface area contributed by atoms with E-state index in [-0.39, 0.29) is 0 Å². The summed E-state index contributed by atoms with van der Waals surface area (Å²) in [5, 5.41) is 6.96. The van der Waals surface area contributed by atoms with Crippen LogP contribution in [0.15, 0.2) is 29.3 Å². The molecule has 1 atom stereocenters. The van der Waals surface area contributed by atoms with Crippen molar-refractivity contribution in [3.05, 3.63) is 35.4 Å². The summed E-state index contributed by atoms with van der Waals surface area (Å²) in [7, 11) is 1.85. The van der Waals surface area contributed by atoms with Gasteiger partial charge in [-0.2, -0.15) is 0 Å². The molecule has 3 rings (SSSR count). The highest BCUT2D eigenvalue weighted by Gasteiger charge is 2.21. The zero-order valence-electron chi connectivity index (χ0n) is 17.2. The number of nitrogens with one attached hydrogen (secondary N) is 2. The van der Waals surface area contributed by atoms with Gasteiger partial charge in [0.05, 0.1) is 0 Å². The third-order valence-corrected chi connectivity index (χ3v) is 5.78. The van der Waals surface area contributed by atoms with E-state index >= 15 is 0 Å². The molecule has 2 fully saturated rings. The summed E-state index contributed by atoms with van der Waals surface area (Å²) in [6, 6.07) is 9.02. The molecule has 1 aromatic rings. The molecule has 0 aromatic heterocycles. The fraction of sp³-hybridized carbons (Fsp3) is 0.682. The Hall–Kier alpha value is -1.59. The molecule has 2 heterocycles. The molecule has 0 radical (unpaired) electrons. The number of likely N-dealkylation sites (tertiary alicyclic amines) is 2. The summed E-state index contributed by atoms with van der Waals surface area (Å²) in [5.74, 6) is 1.64. The number of guanidine groups is 1. The summed E-state index contributed by atoms with van der Waals surface area (Å²) in [6.45, 7) is 11.4. The molecule has 1 unspecified atom stereocenters. The van der Waals surface area contributed by atoms with E-state index in [2.05, 4.69) is 56.6 Å². The van der Waals surface area contributed by atoms with Gasteiger partial charge in [-0.15, -0.1) is 0 Å². The number of aliphatic imine (C=N–C) groups is 1. The molecule has 1 aromatic carbocycles. The molecule has 2 saturated heterocycles. The van der Waals surface area contributed by atoms with Gasteiger partial charge < -0.3 is 15.5 Å². The van der Waals surface area contributed by atoms with Gasteiger partial charge in [0.2, 0.25) is 0 Å². The smallest absolute Gasteiger partial charge is 0.191 e. The molecule has 5 heteroatoms. The van der Waals surface area contributed by atoms with Crippen LogP contribution in [-0.2, 0) is 13.1 Å². The van der Waals surface area contributed by atoms with E-state index in [9.17, 15) is 0 Å². The Bertz CT molecular complexity index is 577. The van der Waals surface area contributed by atoms with E-state index in [1.165, 1.54) is 69.5 Å². The minimum absolute atomic E-state index is 0.736. The Labute approximate surface area is 165 Å². The second kappa shape index (κ2) is 10.7. The Kier molecular flexibility index (Phi) is 7.96.